The third-order valence-corrected chi connectivity index (χ3v) is 4.87. The van der Waals surface area contributed by atoms with E-state index in [-0.39, 0.29) is 35.8 Å². The van der Waals surface area contributed by atoms with E-state index in [0.717, 1.165) is 24.3 Å². The van der Waals surface area contributed by atoms with E-state index in [1.54, 1.807) is 16.8 Å². The first-order chi connectivity index (χ1) is 14.0. The van der Waals surface area contributed by atoms with E-state index >= 15 is 0 Å². The van der Waals surface area contributed by atoms with Gasteiger partial charge in [0.25, 0.3) is 0 Å². The summed E-state index contributed by atoms with van der Waals surface area (Å²) in [4.78, 5) is 26.9. The maximum absolute atomic E-state index is 12.3. The van der Waals surface area contributed by atoms with Crippen molar-refractivity contribution in [3.8, 4) is 5.75 Å². The Morgan fingerprint density at radius 3 is 2.76 bits per heavy atom. The number of hydrogen-bond donors (Lipinski definition) is 1. The number of morpholine rings is 1. The highest BCUT2D eigenvalue weighted by Crippen LogP contribution is 2.23. The minimum Gasteiger partial charge on any atom is -0.491 e. The van der Waals surface area contributed by atoms with E-state index in [1.165, 1.54) is 7.11 Å². The van der Waals surface area contributed by atoms with E-state index < -0.39 is 0 Å². The molecular weight excluding hydrogens is 370 g/mol. The molecule has 156 valence electrons. The molecule has 0 unspecified atom stereocenters. The van der Waals surface area contributed by atoms with Crippen molar-refractivity contribution >= 4 is 5.91 Å². The number of ether oxygens (including phenoxy) is 2. The van der Waals surface area contributed by atoms with E-state index in [9.17, 15) is 9.59 Å². The molecule has 1 fully saturated rings. The number of benzene rings is 1. The van der Waals surface area contributed by atoms with Crippen LogP contribution in [0.2, 0.25) is 0 Å². The molecule has 1 atom stereocenters. The first-order valence-corrected chi connectivity index (χ1v) is 9.92. The lowest BCUT2D eigenvalue weighted by atomic mass is 10.1. The van der Waals surface area contributed by atoms with Crippen LogP contribution in [0.4, 0.5) is 0 Å². The third-order valence-electron chi connectivity index (χ3n) is 4.87. The van der Waals surface area contributed by atoms with Crippen LogP contribution in [0.3, 0.4) is 0 Å². The highest BCUT2D eigenvalue weighted by Gasteiger charge is 2.23. The predicted molar refractivity (Wildman–Crippen MR) is 111 cm³/mol. The van der Waals surface area contributed by atoms with Crippen molar-refractivity contribution in [1.82, 2.24) is 14.8 Å². The van der Waals surface area contributed by atoms with Gasteiger partial charge >= 0.3 is 0 Å². The third kappa shape index (κ3) is 5.68. The average Bonchev–Trinajstić information content (AvgIpc) is 2.70. The second-order valence-electron chi connectivity index (χ2n) is 7.55. The number of methoxy groups -OCH3 is 1. The summed E-state index contributed by atoms with van der Waals surface area (Å²) in [6.45, 7) is 6.64. The number of amides is 1. The molecule has 1 N–H and O–H groups in total. The number of rotatable bonds is 7. The second-order valence-corrected chi connectivity index (χ2v) is 7.55. The van der Waals surface area contributed by atoms with Crippen LogP contribution in [0.15, 0.2) is 47.4 Å². The molecule has 7 heteroatoms. The van der Waals surface area contributed by atoms with Crippen molar-refractivity contribution in [2.45, 2.75) is 39.1 Å². The quantitative estimate of drug-likeness (QED) is 0.771. The Balaban J connectivity index is 1.78. The van der Waals surface area contributed by atoms with Gasteiger partial charge in [-0.05, 0) is 19.4 Å². The number of hydrogen-bond acceptors (Lipinski definition) is 5. The lowest BCUT2D eigenvalue weighted by Gasteiger charge is -2.33. The molecule has 1 aliphatic rings. The van der Waals surface area contributed by atoms with Crippen LogP contribution in [0.25, 0.3) is 0 Å². The summed E-state index contributed by atoms with van der Waals surface area (Å²) in [7, 11) is 1.46. The van der Waals surface area contributed by atoms with Gasteiger partial charge < -0.3 is 19.4 Å². The van der Waals surface area contributed by atoms with Crippen LogP contribution >= 0.6 is 0 Å². The normalized spacial score (nSPS) is 17.3. The summed E-state index contributed by atoms with van der Waals surface area (Å²) < 4.78 is 12.9. The van der Waals surface area contributed by atoms with Gasteiger partial charge in [-0.3, -0.25) is 14.5 Å². The van der Waals surface area contributed by atoms with E-state index in [4.69, 9.17) is 9.47 Å². The average molecular weight is 399 g/mol. The van der Waals surface area contributed by atoms with Gasteiger partial charge in [-0.25, -0.2) is 0 Å². The zero-order valence-corrected chi connectivity index (χ0v) is 17.3. The Labute approximate surface area is 171 Å². The van der Waals surface area contributed by atoms with Crippen LogP contribution in [-0.2, 0) is 22.6 Å². The molecule has 1 aliphatic heterocycles. The SMILES string of the molecule is COc1cn(CC(=O)NC(C)C)c(CN2CCO[C@@H](c3ccccc3)C2)cc1=O. The smallest absolute Gasteiger partial charge is 0.240 e. The number of carbonyl (C=O) groups is 1. The van der Waals surface area contributed by atoms with E-state index in [1.807, 2.05) is 32.0 Å². The molecule has 0 saturated carbocycles. The minimum absolute atomic E-state index is 0.00684. The molecule has 0 spiro atoms. The molecule has 7 nitrogen and oxygen atoms in total. The topological polar surface area (TPSA) is 72.8 Å². The van der Waals surface area contributed by atoms with Gasteiger partial charge in [0, 0.05) is 37.4 Å². The maximum Gasteiger partial charge on any atom is 0.240 e. The van der Waals surface area contributed by atoms with Crippen LogP contribution in [-0.4, -0.2) is 48.2 Å². The fourth-order valence-corrected chi connectivity index (χ4v) is 3.50. The van der Waals surface area contributed by atoms with Gasteiger partial charge in [-0.15, -0.1) is 0 Å². The van der Waals surface area contributed by atoms with Gasteiger partial charge in [0.15, 0.2) is 5.75 Å². The zero-order chi connectivity index (χ0) is 20.8. The van der Waals surface area contributed by atoms with Gasteiger partial charge in [0.1, 0.15) is 6.54 Å². The molecule has 1 aromatic heterocycles. The van der Waals surface area contributed by atoms with Gasteiger partial charge in [0.2, 0.25) is 11.3 Å². The van der Waals surface area contributed by atoms with Gasteiger partial charge in [-0.2, -0.15) is 0 Å². The van der Waals surface area contributed by atoms with E-state index in [2.05, 4.69) is 22.3 Å². The van der Waals surface area contributed by atoms with Crippen LogP contribution < -0.4 is 15.5 Å². The molecule has 0 radical (unpaired) electrons. The molecule has 2 aromatic rings. The van der Waals surface area contributed by atoms with Gasteiger partial charge in [0.05, 0.1) is 26.0 Å². The minimum atomic E-state index is -0.184. The van der Waals surface area contributed by atoms with Crippen molar-refractivity contribution in [2.75, 3.05) is 26.8 Å². The van der Waals surface area contributed by atoms with Crippen molar-refractivity contribution in [3.63, 3.8) is 0 Å². The first-order valence-electron chi connectivity index (χ1n) is 9.92. The zero-order valence-electron chi connectivity index (χ0n) is 17.3. The summed E-state index contributed by atoms with van der Waals surface area (Å²) in [6.07, 6.45) is 1.61. The largest absolute Gasteiger partial charge is 0.491 e. The summed E-state index contributed by atoms with van der Waals surface area (Å²) in [5, 5.41) is 2.89. The maximum atomic E-state index is 12.3. The number of nitrogens with one attached hydrogen (secondary N) is 1. The number of aromatic nitrogens is 1. The molecule has 2 heterocycles. The highest BCUT2D eigenvalue weighted by atomic mass is 16.5. The highest BCUT2D eigenvalue weighted by molar-refractivity contribution is 5.76. The van der Waals surface area contributed by atoms with Crippen molar-refractivity contribution in [1.29, 1.82) is 0 Å². The van der Waals surface area contributed by atoms with Crippen molar-refractivity contribution in [2.24, 2.45) is 0 Å². The van der Waals surface area contributed by atoms with Crippen LogP contribution in [0.1, 0.15) is 31.2 Å². The van der Waals surface area contributed by atoms with Crippen molar-refractivity contribution in [3.05, 3.63) is 64.1 Å². The Kier molecular flexibility index (Phi) is 7.06. The summed E-state index contributed by atoms with van der Waals surface area (Å²) in [5.74, 6) is 0.131. The Morgan fingerprint density at radius 2 is 2.07 bits per heavy atom. The predicted octanol–water partition coefficient (Wildman–Crippen LogP) is 1.95. The van der Waals surface area contributed by atoms with Crippen LogP contribution in [0, 0.1) is 0 Å². The molecule has 1 aromatic carbocycles. The molecule has 3 rings (SSSR count). The Bertz CT molecular complexity index is 879. The van der Waals surface area contributed by atoms with Crippen molar-refractivity contribution < 1.29 is 14.3 Å². The summed E-state index contributed by atoms with van der Waals surface area (Å²) in [5.41, 5.74) is 1.74. The van der Waals surface area contributed by atoms with Crippen LogP contribution in [0.5, 0.6) is 5.75 Å². The standard InChI is InChI=1S/C22H29N3O4/c1-16(2)23-22(27)15-25-14-21(28-3)19(26)11-18(25)12-24-9-10-29-20(13-24)17-7-5-4-6-8-17/h4-8,11,14,16,20H,9-10,12-13,15H2,1-3H3,(H,23,27)/t20-/m1/s1. The fourth-order valence-electron chi connectivity index (χ4n) is 3.50. The number of nitrogens with zero attached hydrogens (tertiary/aromatic N) is 2. The molecule has 1 saturated heterocycles. The Hall–Kier alpha value is -2.64. The van der Waals surface area contributed by atoms with E-state index in [0.29, 0.717) is 13.2 Å². The summed E-state index contributed by atoms with van der Waals surface area (Å²) >= 11 is 0. The monoisotopic (exact) mass is 399 g/mol. The molecular formula is C22H29N3O4. The molecule has 1 amide bonds. The molecule has 29 heavy (non-hydrogen) atoms. The molecule has 0 aliphatic carbocycles. The Morgan fingerprint density at radius 1 is 1.31 bits per heavy atom. The lowest BCUT2D eigenvalue weighted by molar-refractivity contribution is -0.122. The summed E-state index contributed by atoms with van der Waals surface area (Å²) in [6, 6.07) is 11.7. The number of pyridine rings is 1. The lowest BCUT2D eigenvalue weighted by Crippen LogP contribution is -2.39. The second kappa shape index (κ2) is 9.71. The molecule has 0 bridgehead atoms. The first kappa shape index (κ1) is 21.1. The van der Waals surface area contributed by atoms with Gasteiger partial charge in [-0.1, -0.05) is 30.3 Å². The fraction of sp³-hybridized carbons (Fsp3) is 0.455. The number of carbonyl (C=O) groups excluding carboxylic acids is 1.